The van der Waals surface area contributed by atoms with E-state index in [1.165, 1.54) is 0 Å². The van der Waals surface area contributed by atoms with E-state index in [2.05, 4.69) is 0 Å². The lowest BCUT2D eigenvalue weighted by Gasteiger charge is -2.09. The van der Waals surface area contributed by atoms with Crippen LogP contribution in [0.1, 0.15) is 0 Å². The molecule has 0 rings (SSSR count). The number of carboxylic acids is 1. The van der Waals surface area contributed by atoms with E-state index in [1.54, 1.807) is 0 Å². The lowest BCUT2D eigenvalue weighted by Crippen LogP contribution is -2.36. The van der Waals surface area contributed by atoms with Crippen LogP contribution in [0.15, 0.2) is 0 Å². The molecule has 5 nitrogen and oxygen atoms in total. The van der Waals surface area contributed by atoms with Gasteiger partial charge in [-0.25, -0.2) is 4.79 Å². The van der Waals surface area contributed by atoms with Crippen LogP contribution in [-0.4, -0.2) is 45.2 Å². The number of aliphatic hydroxyl groups excluding tert-OH is 3. The lowest BCUT2D eigenvalue weighted by molar-refractivity contribution is -0.154. The summed E-state index contributed by atoms with van der Waals surface area (Å²) in [6.07, 6.45) is -3.49. The summed E-state index contributed by atoms with van der Waals surface area (Å²) in [7, 11) is 0. The van der Waals surface area contributed by atoms with Crippen LogP contribution in [0.25, 0.3) is 0 Å². The van der Waals surface area contributed by atoms with E-state index in [-0.39, 0.29) is 12.4 Å². The molecule has 10 heavy (non-hydrogen) atoms. The van der Waals surface area contributed by atoms with E-state index in [1.807, 2.05) is 0 Å². The van der Waals surface area contributed by atoms with Crippen molar-refractivity contribution in [2.45, 2.75) is 12.2 Å². The van der Waals surface area contributed by atoms with Crippen LogP contribution in [0.2, 0.25) is 0 Å². The SMILES string of the molecule is Cl.O=C(O)[C@@H](O)[C@H](O)CO. The highest BCUT2D eigenvalue weighted by Gasteiger charge is 2.21. The average molecular weight is 173 g/mol. The molecule has 2 atom stereocenters. The third-order valence-corrected chi connectivity index (χ3v) is 0.805. The second kappa shape index (κ2) is 5.43. The van der Waals surface area contributed by atoms with Gasteiger partial charge in [-0.05, 0) is 0 Å². The fourth-order valence-corrected chi connectivity index (χ4v) is 0.264. The quantitative estimate of drug-likeness (QED) is 0.403. The van der Waals surface area contributed by atoms with E-state index in [0.29, 0.717) is 0 Å². The van der Waals surface area contributed by atoms with Gasteiger partial charge in [-0.3, -0.25) is 0 Å². The number of carbonyl (C=O) groups is 1. The minimum Gasteiger partial charge on any atom is -0.479 e. The molecule has 6 heteroatoms. The Morgan fingerprint density at radius 3 is 1.90 bits per heavy atom. The van der Waals surface area contributed by atoms with Crippen LogP contribution in [0, 0.1) is 0 Å². The van der Waals surface area contributed by atoms with Crippen LogP contribution in [0.3, 0.4) is 0 Å². The third-order valence-electron chi connectivity index (χ3n) is 0.805. The number of aliphatic hydroxyl groups is 3. The largest absolute Gasteiger partial charge is 0.479 e. The van der Waals surface area contributed by atoms with Crippen molar-refractivity contribution >= 4 is 18.4 Å². The maximum absolute atomic E-state index is 9.78. The summed E-state index contributed by atoms with van der Waals surface area (Å²) in [5.41, 5.74) is 0. The standard InChI is InChI=1S/C4H8O5.ClH/c5-1-2(6)3(7)4(8)9;/h2-3,5-7H,1H2,(H,8,9);1H/t2-,3+;/m1./s1. The molecule has 4 N–H and O–H groups in total. The van der Waals surface area contributed by atoms with Crippen LogP contribution >= 0.6 is 12.4 Å². The number of rotatable bonds is 3. The Bertz CT molecular complexity index is 106. The van der Waals surface area contributed by atoms with Crippen molar-refractivity contribution < 1.29 is 25.2 Å². The molecular formula is C4H9ClO5. The molecule has 0 amide bonds. The molecule has 62 valence electrons. The van der Waals surface area contributed by atoms with Crippen molar-refractivity contribution in [1.82, 2.24) is 0 Å². The van der Waals surface area contributed by atoms with Gasteiger partial charge >= 0.3 is 5.97 Å². The van der Waals surface area contributed by atoms with Crippen molar-refractivity contribution in [3.05, 3.63) is 0 Å². The fourth-order valence-electron chi connectivity index (χ4n) is 0.264. The first-order valence-electron chi connectivity index (χ1n) is 2.29. The number of aliphatic carboxylic acids is 1. The molecule has 0 aliphatic heterocycles. The third kappa shape index (κ3) is 3.62. The molecule has 0 bridgehead atoms. The van der Waals surface area contributed by atoms with E-state index in [0.717, 1.165) is 0 Å². The van der Waals surface area contributed by atoms with Crippen molar-refractivity contribution in [2.24, 2.45) is 0 Å². The highest BCUT2D eigenvalue weighted by molar-refractivity contribution is 5.85. The second-order valence-corrected chi connectivity index (χ2v) is 1.53. The molecular weight excluding hydrogens is 163 g/mol. The molecule has 0 unspecified atom stereocenters. The van der Waals surface area contributed by atoms with Gasteiger partial charge in [-0.15, -0.1) is 12.4 Å². The molecule has 0 aromatic heterocycles. The van der Waals surface area contributed by atoms with Gasteiger partial charge in [-0.1, -0.05) is 0 Å². The van der Waals surface area contributed by atoms with Gasteiger partial charge in [0.1, 0.15) is 6.10 Å². The van der Waals surface area contributed by atoms with Crippen molar-refractivity contribution in [2.75, 3.05) is 6.61 Å². The summed E-state index contributed by atoms with van der Waals surface area (Å²) in [5, 5.41) is 32.8. The predicted octanol–water partition coefficient (Wildman–Crippen LogP) is -1.79. The lowest BCUT2D eigenvalue weighted by atomic mass is 10.2. The minimum atomic E-state index is -1.89. The van der Waals surface area contributed by atoms with Crippen LogP contribution < -0.4 is 0 Å². The van der Waals surface area contributed by atoms with Gasteiger partial charge in [-0.2, -0.15) is 0 Å². The molecule has 0 spiro atoms. The average Bonchev–Trinajstić information content (AvgIpc) is 1.84. The molecule has 0 saturated carbocycles. The van der Waals surface area contributed by atoms with Gasteiger partial charge in [0.25, 0.3) is 0 Å². The Morgan fingerprint density at radius 1 is 1.40 bits per heavy atom. The van der Waals surface area contributed by atoms with Crippen LogP contribution in [-0.2, 0) is 4.79 Å². The first kappa shape index (κ1) is 12.3. The second-order valence-electron chi connectivity index (χ2n) is 1.53. The van der Waals surface area contributed by atoms with Gasteiger partial charge in [0.2, 0.25) is 0 Å². The van der Waals surface area contributed by atoms with Crippen LogP contribution in [0.4, 0.5) is 0 Å². The monoisotopic (exact) mass is 172 g/mol. The summed E-state index contributed by atoms with van der Waals surface area (Å²) in [6, 6.07) is 0. The highest BCUT2D eigenvalue weighted by atomic mass is 35.5. The zero-order chi connectivity index (χ0) is 7.44. The Kier molecular flexibility index (Phi) is 6.69. The van der Waals surface area contributed by atoms with Gasteiger partial charge in [0.05, 0.1) is 6.61 Å². The molecule has 0 saturated heterocycles. The molecule has 0 heterocycles. The zero-order valence-electron chi connectivity index (χ0n) is 4.97. The zero-order valence-corrected chi connectivity index (χ0v) is 5.78. The summed E-state index contributed by atoms with van der Waals surface area (Å²) in [4.78, 5) is 9.78. The Labute approximate surface area is 63.3 Å². The maximum atomic E-state index is 9.78. The van der Waals surface area contributed by atoms with Gasteiger partial charge < -0.3 is 20.4 Å². The minimum absolute atomic E-state index is 0. The van der Waals surface area contributed by atoms with E-state index >= 15 is 0 Å². The summed E-state index contributed by atoms with van der Waals surface area (Å²) < 4.78 is 0. The molecule has 0 aliphatic carbocycles. The highest BCUT2D eigenvalue weighted by Crippen LogP contribution is 1.90. The number of halogens is 1. The smallest absolute Gasteiger partial charge is 0.335 e. The molecule has 0 aromatic rings. The Hall–Kier alpha value is -0.360. The first-order chi connectivity index (χ1) is 4.09. The molecule has 0 radical (unpaired) electrons. The number of carboxylic acid groups (broad SMARTS) is 1. The summed E-state index contributed by atoms with van der Waals surface area (Å²) >= 11 is 0. The Balaban J connectivity index is 0. The molecule has 0 aliphatic rings. The molecule has 0 aromatic carbocycles. The van der Waals surface area contributed by atoms with E-state index in [9.17, 15) is 4.79 Å². The molecule has 0 fully saturated rings. The van der Waals surface area contributed by atoms with E-state index < -0.39 is 24.8 Å². The number of hydrogen-bond donors (Lipinski definition) is 4. The number of hydrogen-bond acceptors (Lipinski definition) is 4. The maximum Gasteiger partial charge on any atom is 0.335 e. The summed E-state index contributed by atoms with van der Waals surface area (Å²) in [5.74, 6) is -1.54. The van der Waals surface area contributed by atoms with Crippen LogP contribution in [0.5, 0.6) is 0 Å². The van der Waals surface area contributed by atoms with Gasteiger partial charge in [0.15, 0.2) is 6.10 Å². The predicted molar refractivity (Wildman–Crippen MR) is 34.0 cm³/mol. The van der Waals surface area contributed by atoms with E-state index in [4.69, 9.17) is 20.4 Å². The first-order valence-corrected chi connectivity index (χ1v) is 2.29. The van der Waals surface area contributed by atoms with Crippen molar-refractivity contribution in [1.29, 1.82) is 0 Å². The normalized spacial score (nSPS) is 15.1. The Morgan fingerprint density at radius 2 is 1.80 bits per heavy atom. The van der Waals surface area contributed by atoms with Crippen molar-refractivity contribution in [3.8, 4) is 0 Å². The topological polar surface area (TPSA) is 98.0 Å². The fraction of sp³-hybridized carbons (Fsp3) is 0.750. The van der Waals surface area contributed by atoms with Crippen molar-refractivity contribution in [3.63, 3.8) is 0 Å². The summed E-state index contributed by atoms with van der Waals surface area (Å²) in [6.45, 7) is -0.756. The van der Waals surface area contributed by atoms with Gasteiger partial charge in [0, 0.05) is 0 Å².